The van der Waals surface area contributed by atoms with Crippen molar-refractivity contribution >= 4 is 11.8 Å². The third kappa shape index (κ3) is 5.41. The maximum Gasteiger partial charge on any atom is 0.337 e. The van der Waals surface area contributed by atoms with Crippen molar-refractivity contribution in [1.29, 1.82) is 0 Å². The van der Waals surface area contributed by atoms with Crippen LogP contribution in [0.1, 0.15) is 90.5 Å². The van der Waals surface area contributed by atoms with E-state index in [9.17, 15) is 9.59 Å². The van der Waals surface area contributed by atoms with E-state index in [4.69, 9.17) is 14.2 Å². The van der Waals surface area contributed by atoms with Crippen molar-refractivity contribution in [3.05, 3.63) is 46.3 Å². The molecule has 1 aromatic carbocycles. The number of dihydropyridines is 1. The van der Waals surface area contributed by atoms with E-state index >= 15 is 0 Å². The summed E-state index contributed by atoms with van der Waals surface area (Å²) in [5.41, 5.74) is 3.56. The molecule has 0 amide bonds. The van der Waals surface area contributed by atoms with Crippen molar-refractivity contribution in [1.82, 2.24) is 5.32 Å². The van der Waals surface area contributed by atoms with Gasteiger partial charge in [-0.1, -0.05) is 33.3 Å². The van der Waals surface area contributed by atoms with Gasteiger partial charge in [-0.3, -0.25) is 4.79 Å². The minimum Gasteiger partial charge on any atom is -0.493 e. The second kappa shape index (κ2) is 10.5. The van der Waals surface area contributed by atoms with Crippen LogP contribution < -0.4 is 14.8 Å². The standard InChI is InChI=1S/C29H39NO5/c1-6-14-34-23-13-12-19(15-24(23)33-5)26-25(28(32)35-20-10-8-7-9-11-20)18(2)30-21-16-29(3,4)17-22(31)27(21)26/h12-13,15,20,26,30H,6-11,14,16-17H2,1-5H3/t26-/m0/s1. The maximum absolute atomic E-state index is 13.6. The number of rotatable bonds is 7. The Morgan fingerprint density at radius 2 is 1.86 bits per heavy atom. The van der Waals surface area contributed by atoms with Crippen LogP contribution >= 0.6 is 0 Å². The first-order valence-electron chi connectivity index (χ1n) is 13.0. The van der Waals surface area contributed by atoms with Gasteiger partial charge in [0.2, 0.25) is 0 Å². The van der Waals surface area contributed by atoms with Gasteiger partial charge in [0.15, 0.2) is 17.3 Å². The van der Waals surface area contributed by atoms with Gasteiger partial charge in [0.25, 0.3) is 0 Å². The highest BCUT2D eigenvalue weighted by Gasteiger charge is 2.43. The molecule has 2 aliphatic carbocycles. The fourth-order valence-electron chi connectivity index (χ4n) is 5.63. The minimum atomic E-state index is -0.500. The smallest absolute Gasteiger partial charge is 0.337 e. The van der Waals surface area contributed by atoms with E-state index in [1.165, 1.54) is 6.42 Å². The Hall–Kier alpha value is -2.76. The molecule has 4 rings (SSSR count). The third-order valence-corrected chi connectivity index (χ3v) is 7.27. The highest BCUT2D eigenvalue weighted by Crippen LogP contribution is 2.48. The summed E-state index contributed by atoms with van der Waals surface area (Å²) in [5.74, 6) is 0.498. The number of carbonyl (C=O) groups excluding carboxylic acids is 2. The number of nitrogens with one attached hydrogen (secondary N) is 1. The number of carbonyl (C=O) groups is 2. The van der Waals surface area contributed by atoms with Crippen LogP contribution in [0.2, 0.25) is 0 Å². The van der Waals surface area contributed by atoms with Gasteiger partial charge in [-0.05, 0) is 68.6 Å². The van der Waals surface area contributed by atoms with Crippen LogP contribution in [0.3, 0.4) is 0 Å². The van der Waals surface area contributed by atoms with E-state index in [1.54, 1.807) is 7.11 Å². The molecule has 0 unspecified atom stereocenters. The van der Waals surface area contributed by atoms with Crippen molar-refractivity contribution in [2.24, 2.45) is 5.41 Å². The van der Waals surface area contributed by atoms with Crippen LogP contribution in [0.25, 0.3) is 0 Å². The maximum atomic E-state index is 13.6. The number of hydrogen-bond acceptors (Lipinski definition) is 6. The molecule has 1 fully saturated rings. The molecule has 0 spiro atoms. The molecule has 1 aromatic rings. The lowest BCUT2D eigenvalue weighted by molar-refractivity contribution is -0.146. The molecule has 0 radical (unpaired) electrons. The van der Waals surface area contributed by atoms with Gasteiger partial charge >= 0.3 is 5.97 Å². The largest absolute Gasteiger partial charge is 0.493 e. The van der Waals surface area contributed by atoms with Crippen molar-refractivity contribution in [2.75, 3.05) is 13.7 Å². The van der Waals surface area contributed by atoms with E-state index in [-0.39, 0.29) is 23.3 Å². The molecule has 35 heavy (non-hydrogen) atoms. The molecule has 1 N–H and O–H groups in total. The first-order chi connectivity index (χ1) is 16.7. The zero-order valence-electron chi connectivity index (χ0n) is 21.8. The lowest BCUT2D eigenvalue weighted by Gasteiger charge is -2.39. The van der Waals surface area contributed by atoms with Gasteiger partial charge in [0.1, 0.15) is 6.10 Å². The van der Waals surface area contributed by atoms with E-state index < -0.39 is 5.92 Å². The quantitative estimate of drug-likeness (QED) is 0.484. The Kier molecular flexibility index (Phi) is 7.58. The summed E-state index contributed by atoms with van der Waals surface area (Å²) in [5, 5.41) is 3.42. The molecule has 1 heterocycles. The van der Waals surface area contributed by atoms with Gasteiger partial charge in [0, 0.05) is 29.3 Å². The summed E-state index contributed by atoms with van der Waals surface area (Å²) >= 11 is 0. The van der Waals surface area contributed by atoms with Crippen LogP contribution in [0.5, 0.6) is 11.5 Å². The molecule has 1 atom stereocenters. The first kappa shape index (κ1) is 25.3. The average molecular weight is 482 g/mol. The second-order valence-electron chi connectivity index (χ2n) is 10.9. The predicted molar refractivity (Wildman–Crippen MR) is 135 cm³/mol. The number of ether oxygens (including phenoxy) is 3. The Bertz CT molecular complexity index is 1050. The van der Waals surface area contributed by atoms with Gasteiger partial charge in [0.05, 0.1) is 19.3 Å². The van der Waals surface area contributed by atoms with Gasteiger partial charge in [-0.2, -0.15) is 0 Å². The molecule has 0 bridgehead atoms. The van der Waals surface area contributed by atoms with Gasteiger partial charge in [-0.25, -0.2) is 4.79 Å². The van der Waals surface area contributed by atoms with Crippen LogP contribution in [0.4, 0.5) is 0 Å². The average Bonchev–Trinajstić information content (AvgIpc) is 2.81. The Morgan fingerprint density at radius 3 is 2.54 bits per heavy atom. The van der Waals surface area contributed by atoms with Crippen LogP contribution in [-0.4, -0.2) is 31.6 Å². The second-order valence-corrected chi connectivity index (χ2v) is 10.9. The molecule has 0 aromatic heterocycles. The Balaban J connectivity index is 1.77. The first-order valence-corrected chi connectivity index (χ1v) is 13.0. The molecule has 1 aliphatic heterocycles. The summed E-state index contributed by atoms with van der Waals surface area (Å²) < 4.78 is 17.5. The van der Waals surface area contributed by atoms with Crippen molar-refractivity contribution in [3.8, 4) is 11.5 Å². The molecule has 6 nitrogen and oxygen atoms in total. The van der Waals surface area contributed by atoms with Crippen LogP contribution in [-0.2, 0) is 14.3 Å². The monoisotopic (exact) mass is 481 g/mol. The topological polar surface area (TPSA) is 73.9 Å². The Labute approximate surface area is 209 Å². The SMILES string of the molecule is CCCOc1ccc([C@H]2C(C(=O)OC3CCCCC3)=C(C)NC3=C2C(=O)CC(C)(C)C3)cc1OC. The number of methoxy groups -OCH3 is 1. The molecule has 3 aliphatic rings. The number of benzene rings is 1. The highest BCUT2D eigenvalue weighted by atomic mass is 16.5. The number of allylic oxidation sites excluding steroid dienone is 3. The molecular weight excluding hydrogens is 442 g/mol. The summed E-state index contributed by atoms with van der Waals surface area (Å²) in [6, 6.07) is 5.73. The molecule has 0 saturated heterocycles. The highest BCUT2D eigenvalue weighted by molar-refractivity contribution is 6.04. The molecular formula is C29H39NO5. The van der Waals surface area contributed by atoms with Gasteiger partial charge in [-0.15, -0.1) is 0 Å². The lowest BCUT2D eigenvalue weighted by Crippen LogP contribution is -2.39. The normalized spacial score (nSPS) is 22.4. The number of Topliss-reactive ketones (excluding diaryl/α,β-unsaturated/α-hetero) is 1. The zero-order valence-corrected chi connectivity index (χ0v) is 21.8. The van der Waals surface area contributed by atoms with Crippen LogP contribution in [0, 0.1) is 5.41 Å². The van der Waals surface area contributed by atoms with E-state index in [2.05, 4.69) is 26.1 Å². The van der Waals surface area contributed by atoms with Crippen molar-refractivity contribution in [2.45, 2.75) is 91.1 Å². The summed E-state index contributed by atoms with van der Waals surface area (Å²) in [6.45, 7) is 8.78. The van der Waals surface area contributed by atoms with Crippen molar-refractivity contribution in [3.63, 3.8) is 0 Å². The predicted octanol–water partition coefficient (Wildman–Crippen LogP) is 5.96. The molecule has 6 heteroatoms. The summed E-state index contributed by atoms with van der Waals surface area (Å²) in [7, 11) is 1.61. The Morgan fingerprint density at radius 1 is 1.11 bits per heavy atom. The zero-order chi connectivity index (χ0) is 25.2. The summed E-state index contributed by atoms with van der Waals surface area (Å²) in [6.07, 6.45) is 7.17. The molecule has 1 saturated carbocycles. The number of ketones is 1. The van der Waals surface area contributed by atoms with E-state index in [1.807, 2.05) is 25.1 Å². The minimum absolute atomic E-state index is 0.0621. The lowest BCUT2D eigenvalue weighted by atomic mass is 9.68. The van der Waals surface area contributed by atoms with Gasteiger partial charge < -0.3 is 19.5 Å². The number of esters is 1. The van der Waals surface area contributed by atoms with E-state index in [0.717, 1.165) is 55.5 Å². The fraction of sp³-hybridized carbons (Fsp3) is 0.586. The summed E-state index contributed by atoms with van der Waals surface area (Å²) in [4.78, 5) is 27.1. The fourth-order valence-corrected chi connectivity index (χ4v) is 5.63. The van der Waals surface area contributed by atoms with Crippen molar-refractivity contribution < 1.29 is 23.8 Å². The third-order valence-electron chi connectivity index (χ3n) is 7.27. The molecule has 190 valence electrons. The number of hydrogen-bond donors (Lipinski definition) is 1. The van der Waals surface area contributed by atoms with E-state index in [0.29, 0.717) is 35.7 Å². The van der Waals surface area contributed by atoms with Crippen LogP contribution in [0.15, 0.2) is 40.7 Å².